The molecule has 0 aliphatic carbocycles. The van der Waals surface area contributed by atoms with Crippen LogP contribution in [-0.4, -0.2) is 24.0 Å². The first-order valence-corrected chi connectivity index (χ1v) is 8.56. The van der Waals surface area contributed by atoms with Gasteiger partial charge in [0, 0.05) is 29.2 Å². The van der Waals surface area contributed by atoms with Crippen LogP contribution in [0.5, 0.6) is 0 Å². The van der Waals surface area contributed by atoms with Crippen molar-refractivity contribution in [1.29, 1.82) is 0 Å². The Labute approximate surface area is 149 Å². The monoisotopic (exact) mass is 352 g/mol. The number of methoxy groups -OCH3 is 1. The Balaban J connectivity index is 1.70. The Morgan fingerprint density at radius 1 is 1.12 bits per heavy atom. The van der Waals surface area contributed by atoms with Crippen molar-refractivity contribution in [3.05, 3.63) is 76.1 Å². The molecule has 5 nitrogen and oxygen atoms in total. The molecule has 1 N–H and O–H groups in total. The summed E-state index contributed by atoms with van der Waals surface area (Å²) >= 11 is 1.60. The minimum absolute atomic E-state index is 0.212. The number of aromatic nitrogens is 1. The molecule has 6 heteroatoms. The minimum Gasteiger partial charge on any atom is -0.465 e. The van der Waals surface area contributed by atoms with Crippen LogP contribution < -0.4 is 5.32 Å². The van der Waals surface area contributed by atoms with Gasteiger partial charge < -0.3 is 10.1 Å². The fourth-order valence-corrected chi connectivity index (χ4v) is 3.03. The molecular weight excluding hydrogens is 336 g/mol. The summed E-state index contributed by atoms with van der Waals surface area (Å²) in [6, 6.07) is 12.1. The van der Waals surface area contributed by atoms with Crippen molar-refractivity contribution in [1.82, 2.24) is 10.3 Å². The fraction of sp³-hybridized carbons (Fsp3) is 0.105. The molecule has 2 heterocycles. The maximum absolute atomic E-state index is 12.3. The van der Waals surface area contributed by atoms with Gasteiger partial charge in [0.2, 0.25) is 0 Å². The smallest absolute Gasteiger partial charge is 0.337 e. The largest absolute Gasteiger partial charge is 0.465 e. The van der Waals surface area contributed by atoms with Crippen LogP contribution in [0.4, 0.5) is 0 Å². The Bertz CT molecular complexity index is 874. The van der Waals surface area contributed by atoms with Gasteiger partial charge in [-0.2, -0.15) is 11.3 Å². The third-order valence-corrected chi connectivity index (χ3v) is 4.38. The molecule has 1 aromatic carbocycles. The van der Waals surface area contributed by atoms with E-state index in [1.54, 1.807) is 41.8 Å². The van der Waals surface area contributed by atoms with Gasteiger partial charge in [-0.1, -0.05) is 6.07 Å². The Morgan fingerprint density at radius 3 is 2.56 bits per heavy atom. The van der Waals surface area contributed by atoms with E-state index in [4.69, 9.17) is 0 Å². The van der Waals surface area contributed by atoms with Crippen LogP contribution in [0.25, 0.3) is 11.3 Å². The second kappa shape index (κ2) is 7.72. The molecule has 0 atom stereocenters. The van der Waals surface area contributed by atoms with Crippen LogP contribution in [0.3, 0.4) is 0 Å². The van der Waals surface area contributed by atoms with Crippen LogP contribution in [-0.2, 0) is 11.3 Å². The quantitative estimate of drug-likeness (QED) is 0.713. The number of esters is 1. The number of rotatable bonds is 5. The fourth-order valence-electron chi connectivity index (χ4n) is 2.39. The van der Waals surface area contributed by atoms with Crippen molar-refractivity contribution in [2.45, 2.75) is 6.54 Å². The number of nitrogens with zero attached hydrogens (tertiary/aromatic N) is 1. The van der Waals surface area contributed by atoms with Gasteiger partial charge in [-0.3, -0.25) is 9.78 Å². The highest BCUT2D eigenvalue weighted by atomic mass is 32.1. The molecule has 25 heavy (non-hydrogen) atoms. The average molecular weight is 352 g/mol. The number of amides is 1. The number of pyridine rings is 1. The number of thiophene rings is 1. The zero-order valence-electron chi connectivity index (χ0n) is 13.6. The highest BCUT2D eigenvalue weighted by Gasteiger charge is 2.11. The first-order chi connectivity index (χ1) is 12.2. The molecular formula is C19H16N2O3S. The third kappa shape index (κ3) is 3.92. The summed E-state index contributed by atoms with van der Waals surface area (Å²) in [5.41, 5.74) is 3.74. The van der Waals surface area contributed by atoms with Crippen molar-refractivity contribution in [3.63, 3.8) is 0 Å². The first kappa shape index (κ1) is 16.9. The maximum Gasteiger partial charge on any atom is 0.337 e. The number of ether oxygens (including phenoxy) is 1. The van der Waals surface area contributed by atoms with E-state index in [0.29, 0.717) is 17.7 Å². The summed E-state index contributed by atoms with van der Waals surface area (Å²) in [6.45, 7) is 0.372. The Kier molecular flexibility index (Phi) is 5.20. The molecule has 2 aromatic heterocycles. The average Bonchev–Trinajstić information content (AvgIpc) is 3.20. The summed E-state index contributed by atoms with van der Waals surface area (Å²) in [5.74, 6) is -0.640. The van der Waals surface area contributed by atoms with Crippen molar-refractivity contribution in [2.75, 3.05) is 7.11 Å². The second-order valence-electron chi connectivity index (χ2n) is 5.27. The highest BCUT2D eigenvalue weighted by Crippen LogP contribution is 2.23. The van der Waals surface area contributed by atoms with Gasteiger partial charge >= 0.3 is 5.97 Å². The Morgan fingerprint density at radius 2 is 1.88 bits per heavy atom. The molecule has 0 unspecified atom stereocenters. The maximum atomic E-state index is 12.3. The van der Waals surface area contributed by atoms with E-state index in [-0.39, 0.29) is 5.91 Å². The van der Waals surface area contributed by atoms with Gasteiger partial charge in [0.25, 0.3) is 5.91 Å². The zero-order chi connectivity index (χ0) is 17.6. The lowest BCUT2D eigenvalue weighted by molar-refractivity contribution is 0.0600. The van der Waals surface area contributed by atoms with E-state index >= 15 is 0 Å². The summed E-state index contributed by atoms with van der Waals surface area (Å²) in [4.78, 5) is 28.2. The van der Waals surface area contributed by atoms with E-state index in [2.05, 4.69) is 15.0 Å². The van der Waals surface area contributed by atoms with Gasteiger partial charge in [-0.05, 0) is 47.3 Å². The van der Waals surface area contributed by atoms with Crippen LogP contribution in [0.2, 0.25) is 0 Å². The number of hydrogen-bond acceptors (Lipinski definition) is 5. The normalized spacial score (nSPS) is 10.3. The predicted molar refractivity (Wildman–Crippen MR) is 96.5 cm³/mol. The van der Waals surface area contributed by atoms with E-state index in [9.17, 15) is 9.59 Å². The van der Waals surface area contributed by atoms with Crippen molar-refractivity contribution < 1.29 is 14.3 Å². The SMILES string of the molecule is COC(=O)c1ccc(C(=O)NCc2cccnc2-c2ccsc2)cc1. The van der Waals surface area contributed by atoms with Crippen LogP contribution in [0.15, 0.2) is 59.4 Å². The van der Waals surface area contributed by atoms with Gasteiger partial charge in [0.1, 0.15) is 0 Å². The number of carbonyl (C=O) groups excluding carboxylic acids is 2. The predicted octanol–water partition coefficient (Wildman–Crippen LogP) is 3.53. The number of benzene rings is 1. The molecule has 0 bridgehead atoms. The number of carbonyl (C=O) groups is 2. The van der Waals surface area contributed by atoms with E-state index < -0.39 is 5.97 Å². The molecule has 3 rings (SSSR count). The summed E-state index contributed by atoms with van der Waals surface area (Å²) in [5, 5.41) is 6.91. The van der Waals surface area contributed by atoms with Crippen molar-refractivity contribution >= 4 is 23.2 Å². The van der Waals surface area contributed by atoms with Crippen LogP contribution in [0.1, 0.15) is 26.3 Å². The van der Waals surface area contributed by atoms with Gasteiger partial charge in [-0.15, -0.1) is 0 Å². The van der Waals surface area contributed by atoms with Gasteiger partial charge in [-0.25, -0.2) is 4.79 Å². The second-order valence-corrected chi connectivity index (χ2v) is 6.05. The molecule has 3 aromatic rings. The summed E-state index contributed by atoms with van der Waals surface area (Å²) in [7, 11) is 1.32. The van der Waals surface area contributed by atoms with Crippen molar-refractivity contribution in [2.24, 2.45) is 0 Å². The standard InChI is InChI=1S/C19H16N2O3S/c1-24-19(23)14-6-4-13(5-7-14)18(22)21-11-15-3-2-9-20-17(15)16-8-10-25-12-16/h2-10,12H,11H2,1H3,(H,21,22). The number of hydrogen-bond donors (Lipinski definition) is 1. The van der Waals surface area contributed by atoms with Gasteiger partial charge in [0.05, 0.1) is 18.4 Å². The Hall–Kier alpha value is -2.99. The van der Waals surface area contributed by atoms with E-state index in [1.165, 1.54) is 7.11 Å². The van der Waals surface area contributed by atoms with Crippen molar-refractivity contribution in [3.8, 4) is 11.3 Å². The lowest BCUT2D eigenvalue weighted by atomic mass is 10.1. The lowest BCUT2D eigenvalue weighted by Crippen LogP contribution is -2.23. The molecule has 0 aliphatic rings. The minimum atomic E-state index is -0.428. The first-order valence-electron chi connectivity index (χ1n) is 7.62. The van der Waals surface area contributed by atoms with E-state index in [0.717, 1.165) is 16.8 Å². The van der Waals surface area contributed by atoms with Crippen LogP contribution in [0, 0.1) is 0 Å². The summed E-state index contributed by atoms with van der Waals surface area (Å²) in [6.07, 6.45) is 1.74. The summed E-state index contributed by atoms with van der Waals surface area (Å²) < 4.78 is 4.64. The van der Waals surface area contributed by atoms with E-state index in [1.807, 2.05) is 29.0 Å². The topological polar surface area (TPSA) is 68.3 Å². The molecule has 0 aliphatic heterocycles. The number of nitrogens with one attached hydrogen (secondary N) is 1. The zero-order valence-corrected chi connectivity index (χ0v) is 14.4. The van der Waals surface area contributed by atoms with Crippen LogP contribution >= 0.6 is 11.3 Å². The molecule has 0 spiro atoms. The molecule has 0 fully saturated rings. The molecule has 0 saturated heterocycles. The lowest BCUT2D eigenvalue weighted by Gasteiger charge is -2.09. The molecule has 126 valence electrons. The molecule has 0 radical (unpaired) electrons. The van der Waals surface area contributed by atoms with Gasteiger partial charge in [0.15, 0.2) is 0 Å². The molecule has 1 amide bonds. The highest BCUT2D eigenvalue weighted by molar-refractivity contribution is 7.08. The third-order valence-electron chi connectivity index (χ3n) is 3.69. The molecule has 0 saturated carbocycles.